The highest BCUT2D eigenvalue weighted by molar-refractivity contribution is 5.32. The second kappa shape index (κ2) is 7.91. The molecule has 126 valence electrons. The molecule has 0 fully saturated rings. The summed E-state index contributed by atoms with van der Waals surface area (Å²) in [4.78, 5) is 0. The van der Waals surface area contributed by atoms with E-state index in [4.69, 9.17) is 4.74 Å². The van der Waals surface area contributed by atoms with Gasteiger partial charge < -0.3 is 9.84 Å². The first-order chi connectivity index (χ1) is 10.3. The van der Waals surface area contributed by atoms with E-state index in [1.54, 1.807) is 45.0 Å². The SMILES string of the molecule is CCC(C)Oc1ccc(C(O)(C(C)C)C(CC)C(F)F)cc1. The Morgan fingerprint density at radius 3 is 1.95 bits per heavy atom. The third kappa shape index (κ3) is 3.97. The first-order valence-electron chi connectivity index (χ1n) is 8.04. The molecule has 0 heterocycles. The van der Waals surface area contributed by atoms with Gasteiger partial charge in [-0.05, 0) is 43.4 Å². The maximum atomic E-state index is 13.4. The number of ether oxygens (including phenoxy) is 1. The lowest BCUT2D eigenvalue weighted by molar-refractivity contribution is -0.121. The maximum Gasteiger partial charge on any atom is 0.244 e. The van der Waals surface area contributed by atoms with Crippen LogP contribution < -0.4 is 4.74 Å². The maximum absolute atomic E-state index is 13.4. The molecule has 1 N–H and O–H groups in total. The van der Waals surface area contributed by atoms with Crippen LogP contribution in [0.4, 0.5) is 8.78 Å². The number of hydrogen-bond donors (Lipinski definition) is 1. The van der Waals surface area contributed by atoms with Crippen LogP contribution >= 0.6 is 0 Å². The van der Waals surface area contributed by atoms with Crippen LogP contribution in [0.5, 0.6) is 5.75 Å². The minimum atomic E-state index is -2.56. The highest BCUT2D eigenvalue weighted by atomic mass is 19.3. The van der Waals surface area contributed by atoms with Crippen molar-refractivity contribution in [3.05, 3.63) is 29.8 Å². The molecule has 0 aliphatic rings. The summed E-state index contributed by atoms with van der Waals surface area (Å²) >= 11 is 0. The van der Waals surface area contributed by atoms with E-state index in [1.807, 2.05) is 13.8 Å². The summed E-state index contributed by atoms with van der Waals surface area (Å²) in [7, 11) is 0. The molecule has 3 atom stereocenters. The van der Waals surface area contributed by atoms with E-state index in [2.05, 4.69) is 0 Å². The Kier molecular flexibility index (Phi) is 6.79. The second-order valence-electron chi connectivity index (χ2n) is 6.19. The number of halogens is 2. The molecule has 0 aromatic heterocycles. The van der Waals surface area contributed by atoms with Gasteiger partial charge in [-0.1, -0.05) is 39.8 Å². The lowest BCUT2D eigenvalue weighted by atomic mass is 9.72. The van der Waals surface area contributed by atoms with Crippen molar-refractivity contribution in [2.75, 3.05) is 0 Å². The van der Waals surface area contributed by atoms with Crippen molar-refractivity contribution in [3.8, 4) is 5.75 Å². The van der Waals surface area contributed by atoms with E-state index in [-0.39, 0.29) is 18.4 Å². The molecule has 0 radical (unpaired) electrons. The summed E-state index contributed by atoms with van der Waals surface area (Å²) < 4.78 is 32.4. The van der Waals surface area contributed by atoms with Crippen molar-refractivity contribution in [2.24, 2.45) is 11.8 Å². The molecule has 0 aliphatic heterocycles. The van der Waals surface area contributed by atoms with Gasteiger partial charge in [-0.15, -0.1) is 0 Å². The topological polar surface area (TPSA) is 29.5 Å². The van der Waals surface area contributed by atoms with Gasteiger partial charge in [0.15, 0.2) is 0 Å². The zero-order valence-electron chi connectivity index (χ0n) is 14.1. The highest BCUT2D eigenvalue weighted by Crippen LogP contribution is 2.42. The molecular formula is C18H28F2O2. The minimum absolute atomic E-state index is 0.0966. The average Bonchev–Trinajstić information content (AvgIpc) is 2.47. The number of hydrogen-bond acceptors (Lipinski definition) is 2. The van der Waals surface area contributed by atoms with E-state index in [0.29, 0.717) is 11.3 Å². The fourth-order valence-electron chi connectivity index (χ4n) is 2.77. The van der Waals surface area contributed by atoms with Crippen LogP contribution in [0.1, 0.15) is 53.0 Å². The van der Waals surface area contributed by atoms with Gasteiger partial charge in [-0.2, -0.15) is 0 Å². The normalized spacial score (nSPS) is 17.4. The van der Waals surface area contributed by atoms with Crippen LogP contribution in [0.2, 0.25) is 0 Å². The molecule has 0 saturated heterocycles. The lowest BCUT2D eigenvalue weighted by Crippen LogP contribution is -2.43. The zero-order valence-corrected chi connectivity index (χ0v) is 14.1. The summed E-state index contributed by atoms with van der Waals surface area (Å²) in [5, 5.41) is 11.0. The van der Waals surface area contributed by atoms with Gasteiger partial charge in [0, 0.05) is 0 Å². The first kappa shape index (κ1) is 18.9. The predicted octanol–water partition coefficient (Wildman–Crippen LogP) is 5.00. The summed E-state index contributed by atoms with van der Waals surface area (Å²) in [5.41, 5.74) is -1.02. The van der Waals surface area contributed by atoms with E-state index in [0.717, 1.165) is 6.42 Å². The Labute approximate surface area is 132 Å². The van der Waals surface area contributed by atoms with Crippen molar-refractivity contribution in [3.63, 3.8) is 0 Å². The summed E-state index contributed by atoms with van der Waals surface area (Å²) in [5.74, 6) is -0.712. The third-order valence-electron chi connectivity index (χ3n) is 4.42. The van der Waals surface area contributed by atoms with Crippen molar-refractivity contribution >= 4 is 0 Å². The molecule has 22 heavy (non-hydrogen) atoms. The van der Waals surface area contributed by atoms with Gasteiger partial charge in [0.1, 0.15) is 11.4 Å². The van der Waals surface area contributed by atoms with Gasteiger partial charge in [-0.3, -0.25) is 0 Å². The van der Waals surface area contributed by atoms with E-state index < -0.39 is 17.9 Å². The van der Waals surface area contributed by atoms with Gasteiger partial charge in [-0.25, -0.2) is 8.78 Å². The van der Waals surface area contributed by atoms with Gasteiger partial charge >= 0.3 is 0 Å². The van der Waals surface area contributed by atoms with E-state index in [9.17, 15) is 13.9 Å². The minimum Gasteiger partial charge on any atom is -0.491 e. The molecule has 0 amide bonds. The highest BCUT2D eigenvalue weighted by Gasteiger charge is 2.45. The first-order valence-corrected chi connectivity index (χ1v) is 8.04. The van der Waals surface area contributed by atoms with Crippen molar-refractivity contribution in [1.82, 2.24) is 0 Å². The number of benzene rings is 1. The molecule has 0 aliphatic carbocycles. The lowest BCUT2D eigenvalue weighted by Gasteiger charge is -2.39. The predicted molar refractivity (Wildman–Crippen MR) is 85.3 cm³/mol. The smallest absolute Gasteiger partial charge is 0.244 e. The molecule has 1 rings (SSSR count). The Balaban J connectivity index is 3.12. The van der Waals surface area contributed by atoms with Crippen LogP contribution in [-0.2, 0) is 5.60 Å². The van der Waals surface area contributed by atoms with Gasteiger partial charge in [0.2, 0.25) is 6.43 Å². The van der Waals surface area contributed by atoms with E-state index >= 15 is 0 Å². The van der Waals surface area contributed by atoms with Gasteiger partial charge in [0.25, 0.3) is 0 Å². The number of alkyl halides is 2. The molecule has 1 aromatic rings. The molecule has 0 bridgehead atoms. The van der Waals surface area contributed by atoms with Gasteiger partial charge in [0.05, 0.1) is 12.0 Å². The molecule has 2 nitrogen and oxygen atoms in total. The Morgan fingerprint density at radius 1 is 1.05 bits per heavy atom. The zero-order chi connectivity index (χ0) is 16.9. The summed E-state index contributed by atoms with van der Waals surface area (Å²) in [6, 6.07) is 6.88. The Bertz CT molecular complexity index is 445. The molecular weight excluding hydrogens is 286 g/mol. The molecule has 0 spiro atoms. The van der Waals surface area contributed by atoms with E-state index in [1.165, 1.54) is 0 Å². The van der Waals surface area contributed by atoms with Crippen LogP contribution in [0.25, 0.3) is 0 Å². The monoisotopic (exact) mass is 314 g/mol. The largest absolute Gasteiger partial charge is 0.491 e. The third-order valence-corrected chi connectivity index (χ3v) is 4.42. The molecule has 3 unspecified atom stereocenters. The standard InChI is InChI=1S/C18H28F2O2/c1-6-13(5)22-15-10-8-14(9-11-15)18(21,12(3)4)16(7-2)17(19)20/h8-13,16-17,21H,6-7H2,1-5H3. The van der Waals surface area contributed by atoms with Crippen LogP contribution in [-0.4, -0.2) is 17.6 Å². The summed E-state index contributed by atoms with van der Waals surface area (Å²) in [6.07, 6.45) is -1.36. The van der Waals surface area contributed by atoms with Crippen molar-refractivity contribution < 1.29 is 18.6 Å². The van der Waals surface area contributed by atoms with Crippen molar-refractivity contribution in [1.29, 1.82) is 0 Å². The summed E-state index contributed by atoms with van der Waals surface area (Å²) in [6.45, 7) is 9.24. The molecule has 1 aromatic carbocycles. The number of rotatable bonds is 8. The fourth-order valence-corrected chi connectivity index (χ4v) is 2.77. The van der Waals surface area contributed by atoms with Crippen LogP contribution in [0.3, 0.4) is 0 Å². The van der Waals surface area contributed by atoms with Crippen LogP contribution in [0, 0.1) is 11.8 Å². The average molecular weight is 314 g/mol. The quantitative estimate of drug-likeness (QED) is 0.732. The Morgan fingerprint density at radius 2 is 1.59 bits per heavy atom. The molecule has 0 saturated carbocycles. The molecule has 4 heteroatoms. The van der Waals surface area contributed by atoms with Crippen LogP contribution in [0.15, 0.2) is 24.3 Å². The number of aliphatic hydroxyl groups is 1. The Hall–Kier alpha value is -1.16. The fraction of sp³-hybridized carbons (Fsp3) is 0.667. The second-order valence-corrected chi connectivity index (χ2v) is 6.19. The van der Waals surface area contributed by atoms with Crippen molar-refractivity contribution in [2.45, 2.75) is 65.6 Å².